The molecule has 0 amide bonds. The van der Waals surface area contributed by atoms with Crippen LogP contribution >= 0.6 is 11.8 Å². The maximum atomic E-state index is 9.41. The van der Waals surface area contributed by atoms with E-state index in [1.54, 1.807) is 12.3 Å². The molecule has 0 aliphatic carbocycles. The first-order valence-electron chi connectivity index (χ1n) is 5.75. The Hall–Kier alpha value is -1.56. The fourth-order valence-electron chi connectivity index (χ4n) is 1.64. The van der Waals surface area contributed by atoms with Gasteiger partial charge >= 0.3 is 0 Å². The maximum absolute atomic E-state index is 9.41. The zero-order chi connectivity index (χ0) is 13.1. The fourth-order valence-corrected chi connectivity index (χ4v) is 2.49. The van der Waals surface area contributed by atoms with Gasteiger partial charge in [0.25, 0.3) is 0 Å². The number of aryl methyl sites for hydroxylation is 1. The smallest absolute Gasteiger partial charge is 0.215 e. The highest BCUT2D eigenvalue weighted by Gasteiger charge is 2.08. The molecule has 5 nitrogen and oxygen atoms in total. The van der Waals surface area contributed by atoms with Crippen LogP contribution < -0.4 is 0 Å². The van der Waals surface area contributed by atoms with Crippen LogP contribution in [-0.4, -0.2) is 24.6 Å². The van der Waals surface area contributed by atoms with Crippen molar-refractivity contribution in [2.45, 2.75) is 37.7 Å². The van der Waals surface area contributed by atoms with Crippen LogP contribution in [0.15, 0.2) is 23.6 Å². The van der Waals surface area contributed by atoms with E-state index >= 15 is 0 Å². The second kappa shape index (κ2) is 5.39. The molecule has 96 valence electrons. The van der Waals surface area contributed by atoms with Gasteiger partial charge in [-0.25, -0.2) is 9.97 Å². The molecule has 2 aromatic rings. The second-order valence-electron chi connectivity index (χ2n) is 4.28. The minimum absolute atomic E-state index is 0.0113. The van der Waals surface area contributed by atoms with E-state index in [-0.39, 0.29) is 5.88 Å². The van der Waals surface area contributed by atoms with Crippen molar-refractivity contribution in [3.8, 4) is 5.88 Å². The van der Waals surface area contributed by atoms with Crippen molar-refractivity contribution in [2.24, 2.45) is 0 Å². The van der Waals surface area contributed by atoms with E-state index < -0.39 is 0 Å². The summed E-state index contributed by atoms with van der Waals surface area (Å²) in [5, 5.41) is 9.98. The minimum atomic E-state index is 0.0113. The highest BCUT2D eigenvalue weighted by atomic mass is 32.2. The van der Waals surface area contributed by atoms with Gasteiger partial charge in [0.1, 0.15) is 5.82 Å². The number of hydrogen-bond acceptors (Lipinski definition) is 5. The first-order chi connectivity index (χ1) is 8.56. The third-order valence-corrected chi connectivity index (χ3v) is 3.30. The molecule has 2 aromatic heterocycles. The quantitative estimate of drug-likeness (QED) is 0.679. The Morgan fingerprint density at radius 2 is 2.17 bits per heavy atom. The lowest BCUT2D eigenvalue weighted by molar-refractivity contribution is 0.444. The van der Waals surface area contributed by atoms with E-state index in [9.17, 15) is 5.11 Å². The van der Waals surface area contributed by atoms with E-state index in [1.165, 1.54) is 11.8 Å². The van der Waals surface area contributed by atoms with Crippen molar-refractivity contribution >= 4 is 11.8 Å². The van der Waals surface area contributed by atoms with E-state index in [1.807, 2.05) is 13.1 Å². The van der Waals surface area contributed by atoms with Crippen LogP contribution in [0.25, 0.3) is 0 Å². The fraction of sp³-hybridized carbons (Fsp3) is 0.417. The zero-order valence-corrected chi connectivity index (χ0v) is 11.5. The van der Waals surface area contributed by atoms with Gasteiger partial charge < -0.3 is 9.67 Å². The largest absolute Gasteiger partial charge is 0.493 e. The number of thioether (sulfide) groups is 1. The molecule has 0 saturated carbocycles. The van der Waals surface area contributed by atoms with Gasteiger partial charge in [0, 0.05) is 30.2 Å². The van der Waals surface area contributed by atoms with Gasteiger partial charge in [0.05, 0.1) is 5.75 Å². The summed E-state index contributed by atoms with van der Waals surface area (Å²) in [6, 6.07) is 1.92. The molecule has 0 fully saturated rings. The highest BCUT2D eigenvalue weighted by Crippen LogP contribution is 2.22. The van der Waals surface area contributed by atoms with Crippen molar-refractivity contribution in [1.29, 1.82) is 0 Å². The minimum Gasteiger partial charge on any atom is -0.493 e. The molecule has 0 aliphatic rings. The molecule has 18 heavy (non-hydrogen) atoms. The molecule has 0 aromatic carbocycles. The second-order valence-corrected chi connectivity index (χ2v) is 5.23. The first kappa shape index (κ1) is 12.9. The predicted octanol–water partition coefficient (Wildman–Crippen LogP) is 2.56. The molecule has 6 heteroatoms. The third kappa shape index (κ3) is 3.01. The lowest BCUT2D eigenvalue weighted by atomic mass is 10.4. The monoisotopic (exact) mass is 264 g/mol. The maximum Gasteiger partial charge on any atom is 0.215 e. The number of rotatable bonds is 4. The van der Waals surface area contributed by atoms with Gasteiger partial charge in [-0.3, -0.25) is 0 Å². The van der Waals surface area contributed by atoms with Crippen LogP contribution in [0.4, 0.5) is 0 Å². The van der Waals surface area contributed by atoms with Crippen LogP contribution in [0, 0.1) is 6.92 Å². The number of aromatic nitrogens is 4. The van der Waals surface area contributed by atoms with Crippen LogP contribution in [0.3, 0.4) is 0 Å². The Labute approximate surface area is 110 Å². The summed E-state index contributed by atoms with van der Waals surface area (Å²) in [5.74, 6) is 1.69. The molecule has 2 heterocycles. The Morgan fingerprint density at radius 3 is 2.83 bits per heavy atom. The van der Waals surface area contributed by atoms with Crippen molar-refractivity contribution < 1.29 is 5.11 Å². The van der Waals surface area contributed by atoms with Crippen molar-refractivity contribution in [1.82, 2.24) is 19.5 Å². The van der Waals surface area contributed by atoms with Gasteiger partial charge in [-0.05, 0) is 20.8 Å². The lowest BCUT2D eigenvalue weighted by Gasteiger charge is -2.10. The van der Waals surface area contributed by atoms with E-state index in [0.29, 0.717) is 17.0 Å². The van der Waals surface area contributed by atoms with Gasteiger partial charge in [0.15, 0.2) is 5.16 Å². The molecule has 0 unspecified atom stereocenters. The molecular formula is C12H16N4OS. The van der Waals surface area contributed by atoms with Crippen molar-refractivity contribution in [3.63, 3.8) is 0 Å². The molecule has 0 atom stereocenters. The van der Waals surface area contributed by atoms with Crippen molar-refractivity contribution in [2.75, 3.05) is 0 Å². The topological polar surface area (TPSA) is 63.8 Å². The van der Waals surface area contributed by atoms with E-state index in [2.05, 4.69) is 33.4 Å². The molecule has 0 aliphatic heterocycles. The first-order valence-corrected chi connectivity index (χ1v) is 6.74. The Bertz CT molecular complexity index is 518. The Morgan fingerprint density at radius 1 is 1.39 bits per heavy atom. The SMILES string of the molecule is Cc1cc(O)nc(SCc2nccn2C(C)C)n1. The average molecular weight is 264 g/mol. The number of nitrogens with zero attached hydrogens (tertiary/aromatic N) is 4. The van der Waals surface area contributed by atoms with Crippen LogP contribution in [0.5, 0.6) is 5.88 Å². The average Bonchev–Trinajstić information content (AvgIpc) is 2.73. The number of aromatic hydroxyl groups is 1. The number of hydrogen-bond donors (Lipinski definition) is 1. The van der Waals surface area contributed by atoms with E-state index in [0.717, 1.165) is 11.5 Å². The summed E-state index contributed by atoms with van der Waals surface area (Å²) in [5.41, 5.74) is 0.761. The summed E-state index contributed by atoms with van der Waals surface area (Å²) in [4.78, 5) is 12.6. The molecular weight excluding hydrogens is 248 g/mol. The van der Waals surface area contributed by atoms with Crippen LogP contribution in [0.1, 0.15) is 31.4 Å². The van der Waals surface area contributed by atoms with Crippen LogP contribution in [-0.2, 0) is 5.75 Å². The Balaban J connectivity index is 2.09. The normalized spacial score (nSPS) is 11.1. The summed E-state index contributed by atoms with van der Waals surface area (Å²) < 4.78 is 2.11. The van der Waals surface area contributed by atoms with Crippen molar-refractivity contribution in [3.05, 3.63) is 30.0 Å². The summed E-state index contributed by atoms with van der Waals surface area (Å²) in [6.45, 7) is 6.07. The lowest BCUT2D eigenvalue weighted by Crippen LogP contribution is -2.04. The van der Waals surface area contributed by atoms with Gasteiger partial charge in [-0.15, -0.1) is 0 Å². The molecule has 0 spiro atoms. The highest BCUT2D eigenvalue weighted by molar-refractivity contribution is 7.98. The van der Waals surface area contributed by atoms with E-state index in [4.69, 9.17) is 0 Å². The summed E-state index contributed by atoms with van der Waals surface area (Å²) in [6.07, 6.45) is 3.76. The molecule has 1 N–H and O–H groups in total. The molecule has 0 radical (unpaired) electrons. The zero-order valence-electron chi connectivity index (χ0n) is 10.7. The Kier molecular flexibility index (Phi) is 3.86. The standard InChI is InChI=1S/C12H16N4OS/c1-8(2)16-5-4-13-10(16)7-18-12-14-9(3)6-11(17)15-12/h4-6,8H,7H2,1-3H3,(H,14,15,17). The summed E-state index contributed by atoms with van der Waals surface area (Å²) in [7, 11) is 0. The molecule has 2 rings (SSSR count). The van der Waals surface area contributed by atoms with Gasteiger partial charge in [-0.1, -0.05) is 11.8 Å². The molecule has 0 saturated heterocycles. The van der Waals surface area contributed by atoms with Gasteiger partial charge in [-0.2, -0.15) is 4.98 Å². The molecule has 0 bridgehead atoms. The number of imidazole rings is 1. The van der Waals surface area contributed by atoms with Crippen LogP contribution in [0.2, 0.25) is 0 Å². The predicted molar refractivity (Wildman–Crippen MR) is 70.6 cm³/mol. The van der Waals surface area contributed by atoms with Gasteiger partial charge in [0.2, 0.25) is 5.88 Å². The summed E-state index contributed by atoms with van der Waals surface area (Å²) >= 11 is 1.47. The third-order valence-electron chi connectivity index (χ3n) is 2.46.